The van der Waals surface area contributed by atoms with Crippen LogP contribution in [0.4, 0.5) is 0 Å². The Kier molecular flexibility index (Phi) is 5.49. The van der Waals surface area contributed by atoms with Crippen LogP contribution in [0.15, 0.2) is 35.4 Å². The maximum atomic E-state index is 11.9. The quantitative estimate of drug-likeness (QED) is 0.662. The van der Waals surface area contributed by atoms with E-state index in [0.717, 1.165) is 31.5 Å². The van der Waals surface area contributed by atoms with E-state index in [9.17, 15) is 9.59 Å². The van der Waals surface area contributed by atoms with Gasteiger partial charge >= 0.3 is 0 Å². The summed E-state index contributed by atoms with van der Waals surface area (Å²) in [6.45, 7) is 3.44. The van der Waals surface area contributed by atoms with Gasteiger partial charge in [-0.25, -0.2) is 5.43 Å². The summed E-state index contributed by atoms with van der Waals surface area (Å²) in [5.41, 5.74) is 4.08. The molecule has 1 saturated heterocycles. The Bertz CT molecular complexity index is 520. The zero-order valence-electron chi connectivity index (χ0n) is 12.3. The van der Waals surface area contributed by atoms with E-state index in [4.69, 9.17) is 0 Å². The maximum Gasteiger partial charge on any atom is 0.244 e. The number of hydrogen-bond acceptors (Lipinski definition) is 3. The van der Waals surface area contributed by atoms with Gasteiger partial charge in [-0.15, -0.1) is 0 Å². The van der Waals surface area contributed by atoms with Crippen LogP contribution in [-0.4, -0.2) is 35.5 Å². The standard InChI is InChI=1S/C16H21N3O2/c1-13(11-16(21)19-9-5-6-10-19)17-18-15(20)12-14-7-3-2-4-8-14/h2-4,7-8H,5-6,9-12H2,1H3,(H,18,20)/b17-13-. The molecule has 112 valence electrons. The Morgan fingerprint density at radius 3 is 2.52 bits per heavy atom. The molecule has 1 heterocycles. The van der Waals surface area contributed by atoms with Crippen LogP contribution >= 0.6 is 0 Å². The van der Waals surface area contributed by atoms with Gasteiger partial charge in [-0.3, -0.25) is 9.59 Å². The van der Waals surface area contributed by atoms with Crippen molar-refractivity contribution in [3.8, 4) is 0 Å². The van der Waals surface area contributed by atoms with Crippen molar-refractivity contribution in [2.24, 2.45) is 5.10 Å². The molecule has 5 heteroatoms. The molecule has 2 amide bonds. The van der Waals surface area contributed by atoms with Gasteiger partial charge in [0.15, 0.2) is 0 Å². The Morgan fingerprint density at radius 2 is 1.86 bits per heavy atom. The van der Waals surface area contributed by atoms with Gasteiger partial charge in [0.2, 0.25) is 11.8 Å². The van der Waals surface area contributed by atoms with Gasteiger partial charge in [0.05, 0.1) is 12.8 Å². The molecule has 0 radical (unpaired) electrons. The first-order chi connectivity index (χ1) is 10.1. The van der Waals surface area contributed by atoms with Crippen molar-refractivity contribution in [3.63, 3.8) is 0 Å². The van der Waals surface area contributed by atoms with Crippen LogP contribution in [0.3, 0.4) is 0 Å². The van der Waals surface area contributed by atoms with E-state index in [2.05, 4.69) is 10.5 Å². The maximum absolute atomic E-state index is 11.9. The first kappa shape index (κ1) is 15.2. The number of carbonyl (C=O) groups excluding carboxylic acids is 2. The normalized spacial score (nSPS) is 15.1. The summed E-state index contributed by atoms with van der Waals surface area (Å²) in [5, 5.41) is 4.00. The number of likely N-dealkylation sites (tertiary alicyclic amines) is 1. The summed E-state index contributed by atoms with van der Waals surface area (Å²) in [7, 11) is 0. The summed E-state index contributed by atoms with van der Waals surface area (Å²) in [4.78, 5) is 25.5. The molecule has 1 N–H and O–H groups in total. The zero-order chi connectivity index (χ0) is 15.1. The monoisotopic (exact) mass is 287 g/mol. The molecular formula is C16H21N3O2. The smallest absolute Gasteiger partial charge is 0.244 e. The van der Waals surface area contributed by atoms with Crippen molar-refractivity contribution >= 4 is 17.5 Å². The summed E-state index contributed by atoms with van der Waals surface area (Å²) in [6, 6.07) is 9.49. The van der Waals surface area contributed by atoms with Crippen LogP contribution in [0, 0.1) is 0 Å². The fraction of sp³-hybridized carbons (Fsp3) is 0.438. The van der Waals surface area contributed by atoms with Gasteiger partial charge in [0.1, 0.15) is 0 Å². The fourth-order valence-corrected chi connectivity index (χ4v) is 2.32. The molecular weight excluding hydrogens is 266 g/mol. The third-order valence-electron chi connectivity index (χ3n) is 3.44. The highest BCUT2D eigenvalue weighted by Crippen LogP contribution is 2.09. The second kappa shape index (κ2) is 7.57. The molecule has 0 aromatic heterocycles. The molecule has 2 rings (SSSR count). The van der Waals surface area contributed by atoms with E-state index in [1.807, 2.05) is 35.2 Å². The predicted octanol–water partition coefficient (Wildman–Crippen LogP) is 1.73. The highest BCUT2D eigenvalue weighted by molar-refractivity contribution is 6.00. The summed E-state index contributed by atoms with van der Waals surface area (Å²) >= 11 is 0. The van der Waals surface area contributed by atoms with Crippen molar-refractivity contribution < 1.29 is 9.59 Å². The summed E-state index contributed by atoms with van der Waals surface area (Å²) < 4.78 is 0. The Balaban J connectivity index is 1.77. The van der Waals surface area contributed by atoms with Gasteiger partial charge in [-0.2, -0.15) is 5.10 Å². The van der Waals surface area contributed by atoms with Gasteiger partial charge in [-0.1, -0.05) is 30.3 Å². The third kappa shape index (κ3) is 5.02. The number of nitrogens with one attached hydrogen (secondary N) is 1. The number of benzene rings is 1. The van der Waals surface area contributed by atoms with Crippen molar-refractivity contribution in [3.05, 3.63) is 35.9 Å². The van der Waals surface area contributed by atoms with Crippen molar-refractivity contribution in [2.75, 3.05) is 13.1 Å². The first-order valence-electron chi connectivity index (χ1n) is 7.29. The number of nitrogens with zero attached hydrogens (tertiary/aromatic N) is 2. The summed E-state index contributed by atoms with van der Waals surface area (Å²) in [6.07, 6.45) is 2.72. The lowest BCUT2D eigenvalue weighted by molar-refractivity contribution is -0.128. The number of hydrogen-bond donors (Lipinski definition) is 1. The van der Waals surface area contributed by atoms with Gasteiger partial charge < -0.3 is 4.90 Å². The van der Waals surface area contributed by atoms with Crippen LogP contribution in [0.1, 0.15) is 31.7 Å². The van der Waals surface area contributed by atoms with E-state index in [-0.39, 0.29) is 24.7 Å². The van der Waals surface area contributed by atoms with Crippen LogP contribution in [0.2, 0.25) is 0 Å². The molecule has 0 saturated carbocycles. The summed E-state index contributed by atoms with van der Waals surface area (Å²) in [5.74, 6) is -0.0831. The molecule has 1 aliphatic rings. The minimum Gasteiger partial charge on any atom is -0.342 e. The molecule has 1 aromatic rings. The average molecular weight is 287 g/mol. The van der Waals surface area contributed by atoms with Gasteiger partial charge in [0.25, 0.3) is 0 Å². The minimum absolute atomic E-state index is 0.0889. The number of hydrazone groups is 1. The van der Waals surface area contributed by atoms with E-state index in [1.54, 1.807) is 6.92 Å². The third-order valence-corrected chi connectivity index (χ3v) is 3.44. The van der Waals surface area contributed by atoms with Crippen LogP contribution in [0.5, 0.6) is 0 Å². The molecule has 1 aromatic carbocycles. The predicted molar refractivity (Wildman–Crippen MR) is 81.8 cm³/mol. The van der Waals surface area contributed by atoms with Crippen molar-refractivity contribution in [1.82, 2.24) is 10.3 Å². The highest BCUT2D eigenvalue weighted by atomic mass is 16.2. The Hall–Kier alpha value is -2.17. The molecule has 0 bridgehead atoms. The van der Waals surface area contributed by atoms with Gasteiger partial charge in [-0.05, 0) is 25.3 Å². The molecule has 5 nitrogen and oxygen atoms in total. The molecule has 21 heavy (non-hydrogen) atoms. The molecule has 0 atom stereocenters. The highest BCUT2D eigenvalue weighted by Gasteiger charge is 2.18. The lowest BCUT2D eigenvalue weighted by atomic mass is 10.1. The number of amides is 2. The topological polar surface area (TPSA) is 61.8 Å². The van der Waals surface area contributed by atoms with E-state index < -0.39 is 0 Å². The Morgan fingerprint density at radius 1 is 1.19 bits per heavy atom. The van der Waals surface area contributed by atoms with Gasteiger partial charge in [0, 0.05) is 18.8 Å². The van der Waals surface area contributed by atoms with Crippen LogP contribution in [-0.2, 0) is 16.0 Å². The van der Waals surface area contributed by atoms with Crippen molar-refractivity contribution in [2.45, 2.75) is 32.6 Å². The Labute approximate surface area is 125 Å². The first-order valence-corrected chi connectivity index (χ1v) is 7.29. The average Bonchev–Trinajstić information content (AvgIpc) is 3.00. The largest absolute Gasteiger partial charge is 0.342 e. The fourth-order valence-electron chi connectivity index (χ4n) is 2.32. The van der Waals surface area contributed by atoms with E-state index >= 15 is 0 Å². The van der Waals surface area contributed by atoms with Crippen molar-refractivity contribution in [1.29, 1.82) is 0 Å². The van der Waals surface area contributed by atoms with Crippen LogP contribution < -0.4 is 5.43 Å². The lowest BCUT2D eigenvalue weighted by Gasteiger charge is -2.14. The molecule has 0 spiro atoms. The van der Waals surface area contributed by atoms with E-state index in [1.165, 1.54) is 0 Å². The number of carbonyl (C=O) groups is 2. The molecule has 1 fully saturated rings. The number of rotatable bonds is 5. The molecule has 0 unspecified atom stereocenters. The zero-order valence-corrected chi connectivity index (χ0v) is 12.3. The lowest BCUT2D eigenvalue weighted by Crippen LogP contribution is -2.29. The second-order valence-electron chi connectivity index (χ2n) is 5.31. The molecule has 0 aliphatic carbocycles. The van der Waals surface area contributed by atoms with Crippen LogP contribution in [0.25, 0.3) is 0 Å². The minimum atomic E-state index is -0.172. The molecule has 1 aliphatic heterocycles. The SMILES string of the molecule is C/C(CC(=O)N1CCCC1)=N/NC(=O)Cc1ccccc1. The van der Waals surface area contributed by atoms with E-state index in [0.29, 0.717) is 5.71 Å². The second-order valence-corrected chi connectivity index (χ2v) is 5.31.